The van der Waals surface area contributed by atoms with Crippen LogP contribution in [-0.4, -0.2) is 19.3 Å². The fourth-order valence-electron chi connectivity index (χ4n) is 1.47. The van der Waals surface area contributed by atoms with E-state index in [0.717, 1.165) is 25.0 Å². The molecule has 90 valence electrons. The summed E-state index contributed by atoms with van der Waals surface area (Å²) in [7, 11) is 0. The normalized spacial score (nSPS) is 12.8. The van der Waals surface area contributed by atoms with Crippen molar-refractivity contribution in [1.82, 2.24) is 0 Å². The molecule has 0 saturated heterocycles. The van der Waals surface area contributed by atoms with E-state index in [0.29, 0.717) is 16.7 Å². The molecule has 0 bridgehead atoms. The van der Waals surface area contributed by atoms with E-state index in [1.54, 1.807) is 6.07 Å². The van der Waals surface area contributed by atoms with Crippen LogP contribution >= 0.6 is 23.2 Å². The van der Waals surface area contributed by atoms with Gasteiger partial charge in [0.1, 0.15) is 0 Å². The first-order valence-electron chi connectivity index (χ1n) is 5.41. The fraction of sp³-hybridized carbons (Fsp3) is 0.500. The third-order valence-electron chi connectivity index (χ3n) is 2.35. The summed E-state index contributed by atoms with van der Waals surface area (Å²) in [6.07, 6.45) is 1.56. The van der Waals surface area contributed by atoms with Crippen LogP contribution in [0, 0.1) is 0 Å². The molecule has 2 nitrogen and oxygen atoms in total. The van der Waals surface area contributed by atoms with E-state index in [1.807, 2.05) is 19.1 Å². The van der Waals surface area contributed by atoms with Crippen LogP contribution in [-0.2, 0) is 11.2 Å². The van der Waals surface area contributed by atoms with Gasteiger partial charge in [-0.2, -0.15) is 0 Å². The molecule has 0 aliphatic heterocycles. The highest BCUT2D eigenvalue weighted by atomic mass is 35.5. The molecule has 2 N–H and O–H groups in total. The van der Waals surface area contributed by atoms with Gasteiger partial charge in [-0.1, -0.05) is 35.3 Å². The first kappa shape index (κ1) is 13.8. The first-order chi connectivity index (χ1) is 7.65. The van der Waals surface area contributed by atoms with E-state index in [9.17, 15) is 0 Å². The van der Waals surface area contributed by atoms with E-state index >= 15 is 0 Å². The highest BCUT2D eigenvalue weighted by Gasteiger charge is 2.09. The van der Waals surface area contributed by atoms with Gasteiger partial charge in [0.2, 0.25) is 0 Å². The van der Waals surface area contributed by atoms with E-state index in [-0.39, 0.29) is 6.04 Å². The quantitative estimate of drug-likeness (QED) is 0.798. The molecule has 1 unspecified atom stereocenters. The maximum Gasteiger partial charge on any atom is 0.0624 e. The molecular formula is C12H17Cl2NO. The Hall–Kier alpha value is -0.280. The Kier molecular flexibility index (Phi) is 6.14. The zero-order chi connectivity index (χ0) is 12.0. The van der Waals surface area contributed by atoms with Gasteiger partial charge in [-0.3, -0.25) is 0 Å². The maximum absolute atomic E-state index is 6.08. The van der Waals surface area contributed by atoms with Gasteiger partial charge in [0.05, 0.1) is 10.0 Å². The number of hydrogen-bond acceptors (Lipinski definition) is 2. The molecular weight excluding hydrogens is 245 g/mol. The minimum absolute atomic E-state index is 0.0579. The van der Waals surface area contributed by atoms with Crippen molar-refractivity contribution >= 4 is 23.2 Å². The SMILES string of the molecule is CCOCCC(N)Cc1cccc(Cl)c1Cl. The lowest BCUT2D eigenvalue weighted by atomic mass is 10.0. The molecule has 0 saturated carbocycles. The summed E-state index contributed by atoms with van der Waals surface area (Å²) in [4.78, 5) is 0. The van der Waals surface area contributed by atoms with Crippen LogP contribution in [0.4, 0.5) is 0 Å². The van der Waals surface area contributed by atoms with Gasteiger partial charge < -0.3 is 10.5 Å². The zero-order valence-electron chi connectivity index (χ0n) is 9.38. The Bertz CT molecular complexity index is 331. The second-order valence-electron chi connectivity index (χ2n) is 3.66. The molecule has 0 radical (unpaired) electrons. The second kappa shape index (κ2) is 7.13. The highest BCUT2D eigenvalue weighted by Crippen LogP contribution is 2.26. The van der Waals surface area contributed by atoms with Crippen molar-refractivity contribution in [2.24, 2.45) is 5.73 Å². The molecule has 0 fully saturated rings. The smallest absolute Gasteiger partial charge is 0.0624 e. The minimum atomic E-state index is 0.0579. The lowest BCUT2D eigenvalue weighted by molar-refractivity contribution is 0.140. The molecule has 0 aliphatic carbocycles. The summed E-state index contributed by atoms with van der Waals surface area (Å²) in [5, 5.41) is 1.19. The van der Waals surface area contributed by atoms with E-state index in [1.165, 1.54) is 0 Å². The fourth-order valence-corrected chi connectivity index (χ4v) is 1.87. The van der Waals surface area contributed by atoms with Crippen molar-refractivity contribution in [3.63, 3.8) is 0 Å². The van der Waals surface area contributed by atoms with Crippen LogP contribution in [0.2, 0.25) is 10.0 Å². The number of nitrogens with two attached hydrogens (primary N) is 1. The predicted molar refractivity (Wildman–Crippen MR) is 69.3 cm³/mol. The summed E-state index contributed by atoms with van der Waals surface area (Å²) < 4.78 is 5.26. The van der Waals surface area contributed by atoms with Crippen molar-refractivity contribution in [3.05, 3.63) is 33.8 Å². The van der Waals surface area contributed by atoms with Gasteiger partial charge in [-0.25, -0.2) is 0 Å². The monoisotopic (exact) mass is 261 g/mol. The van der Waals surface area contributed by atoms with Crippen LogP contribution in [0.25, 0.3) is 0 Å². The van der Waals surface area contributed by atoms with Crippen molar-refractivity contribution in [2.75, 3.05) is 13.2 Å². The summed E-state index contributed by atoms with van der Waals surface area (Å²) in [5.41, 5.74) is 6.98. The van der Waals surface area contributed by atoms with Gasteiger partial charge in [0.15, 0.2) is 0 Å². The Balaban J connectivity index is 2.49. The summed E-state index contributed by atoms with van der Waals surface area (Å²) in [6.45, 7) is 3.39. The van der Waals surface area contributed by atoms with Gasteiger partial charge in [0.25, 0.3) is 0 Å². The predicted octanol–water partition coefficient (Wildman–Crippen LogP) is 3.29. The summed E-state index contributed by atoms with van der Waals surface area (Å²) in [5.74, 6) is 0. The average molecular weight is 262 g/mol. The van der Waals surface area contributed by atoms with Crippen molar-refractivity contribution in [1.29, 1.82) is 0 Å². The van der Waals surface area contributed by atoms with Crippen LogP contribution < -0.4 is 5.73 Å². The highest BCUT2D eigenvalue weighted by molar-refractivity contribution is 6.42. The third kappa shape index (κ3) is 4.30. The van der Waals surface area contributed by atoms with Gasteiger partial charge in [-0.05, 0) is 31.4 Å². The minimum Gasteiger partial charge on any atom is -0.382 e. The number of rotatable bonds is 6. The topological polar surface area (TPSA) is 35.2 Å². The Labute approximate surface area is 107 Å². The number of halogens is 2. The van der Waals surface area contributed by atoms with E-state index in [4.69, 9.17) is 33.7 Å². The molecule has 1 atom stereocenters. The molecule has 16 heavy (non-hydrogen) atoms. The van der Waals surface area contributed by atoms with Gasteiger partial charge >= 0.3 is 0 Å². The van der Waals surface area contributed by atoms with Crippen LogP contribution in [0.1, 0.15) is 18.9 Å². The number of hydrogen-bond donors (Lipinski definition) is 1. The Morgan fingerprint density at radius 1 is 1.38 bits per heavy atom. The van der Waals surface area contributed by atoms with Crippen LogP contribution in [0.15, 0.2) is 18.2 Å². The largest absolute Gasteiger partial charge is 0.382 e. The third-order valence-corrected chi connectivity index (χ3v) is 3.21. The van der Waals surface area contributed by atoms with Crippen molar-refractivity contribution < 1.29 is 4.74 Å². The second-order valence-corrected chi connectivity index (χ2v) is 4.45. The molecule has 0 aliphatic rings. The average Bonchev–Trinajstić information content (AvgIpc) is 2.25. The summed E-state index contributed by atoms with van der Waals surface area (Å²) in [6, 6.07) is 5.68. The van der Waals surface area contributed by atoms with Crippen LogP contribution in [0.5, 0.6) is 0 Å². The lowest BCUT2D eigenvalue weighted by Gasteiger charge is -2.13. The first-order valence-corrected chi connectivity index (χ1v) is 6.17. The Morgan fingerprint density at radius 3 is 2.81 bits per heavy atom. The van der Waals surface area contributed by atoms with Crippen molar-refractivity contribution in [3.8, 4) is 0 Å². The van der Waals surface area contributed by atoms with Gasteiger partial charge in [0, 0.05) is 19.3 Å². The van der Waals surface area contributed by atoms with E-state index in [2.05, 4.69) is 0 Å². The molecule has 1 aromatic carbocycles. The van der Waals surface area contributed by atoms with Crippen molar-refractivity contribution in [2.45, 2.75) is 25.8 Å². The molecule has 0 amide bonds. The molecule has 1 aromatic rings. The Morgan fingerprint density at radius 2 is 2.12 bits per heavy atom. The number of benzene rings is 1. The maximum atomic E-state index is 6.08. The number of ether oxygens (including phenoxy) is 1. The molecule has 1 rings (SSSR count). The standard InChI is InChI=1S/C12H17Cl2NO/c1-2-16-7-6-10(15)8-9-4-3-5-11(13)12(9)14/h3-5,10H,2,6-8,15H2,1H3. The molecule has 4 heteroatoms. The van der Waals surface area contributed by atoms with Crippen LogP contribution in [0.3, 0.4) is 0 Å². The molecule has 0 heterocycles. The lowest BCUT2D eigenvalue weighted by Crippen LogP contribution is -2.24. The summed E-state index contributed by atoms with van der Waals surface area (Å²) >= 11 is 12.0. The zero-order valence-corrected chi connectivity index (χ0v) is 10.9. The molecule has 0 spiro atoms. The van der Waals surface area contributed by atoms with Gasteiger partial charge in [-0.15, -0.1) is 0 Å². The molecule has 0 aromatic heterocycles. The van der Waals surface area contributed by atoms with E-state index < -0.39 is 0 Å².